The fraction of sp³-hybridized carbons (Fsp3) is 0.545. The van der Waals surface area contributed by atoms with Crippen LogP contribution in [0, 0.1) is 5.41 Å². The lowest BCUT2D eigenvalue weighted by Gasteiger charge is -2.39. The van der Waals surface area contributed by atoms with Crippen molar-refractivity contribution >= 4 is 5.78 Å². The number of aliphatic hydroxyl groups excluding tert-OH is 1. The van der Waals surface area contributed by atoms with Gasteiger partial charge in [-0.15, -0.1) is 0 Å². The van der Waals surface area contributed by atoms with E-state index in [1.807, 2.05) is 0 Å². The van der Waals surface area contributed by atoms with Gasteiger partial charge < -0.3 is 10.4 Å². The van der Waals surface area contributed by atoms with Crippen LogP contribution in [0.15, 0.2) is 23.5 Å². The molecule has 1 aliphatic heterocycles. The first-order valence-electron chi connectivity index (χ1n) is 4.95. The van der Waals surface area contributed by atoms with Crippen LogP contribution in [0.1, 0.15) is 19.8 Å². The van der Waals surface area contributed by atoms with Crippen molar-refractivity contribution in [3.8, 4) is 0 Å². The average molecular weight is 193 g/mol. The molecule has 2 aliphatic rings. The number of hydrogen-bond acceptors (Lipinski definition) is 3. The predicted octanol–water partition coefficient (Wildman–Crippen LogP) is 1.33. The molecular formula is C11H15NO2. The second-order valence-electron chi connectivity index (χ2n) is 4.35. The van der Waals surface area contributed by atoms with Gasteiger partial charge in [0.15, 0.2) is 5.78 Å². The summed E-state index contributed by atoms with van der Waals surface area (Å²) in [6.07, 6.45) is 4.25. The molecule has 14 heavy (non-hydrogen) atoms. The van der Waals surface area contributed by atoms with E-state index in [1.54, 1.807) is 6.08 Å². The smallest absolute Gasteiger partial charge is 0.184 e. The van der Waals surface area contributed by atoms with Crippen LogP contribution in [0.4, 0.5) is 0 Å². The van der Waals surface area contributed by atoms with E-state index in [0.717, 1.165) is 25.8 Å². The van der Waals surface area contributed by atoms with Crippen LogP contribution in [-0.4, -0.2) is 24.0 Å². The standard InChI is InChI=1S/C11H15NO2/c1-11-5-8(6-13)10(14)4-9(11)2-3-12-7-11/h4,6,12-13H,2-3,5,7H2,1H3/b8-6-/t11-/m1/s1. The number of ketones is 1. The molecule has 0 spiro atoms. The third kappa shape index (κ3) is 1.38. The molecule has 0 amide bonds. The van der Waals surface area contributed by atoms with Crippen molar-refractivity contribution in [2.45, 2.75) is 19.8 Å². The van der Waals surface area contributed by atoms with Crippen LogP contribution in [0.2, 0.25) is 0 Å². The summed E-state index contributed by atoms with van der Waals surface area (Å²) < 4.78 is 0. The number of piperidine rings is 1. The molecule has 0 unspecified atom stereocenters. The Hall–Kier alpha value is -1.09. The van der Waals surface area contributed by atoms with Crippen LogP contribution in [-0.2, 0) is 4.79 Å². The summed E-state index contributed by atoms with van der Waals surface area (Å²) in [7, 11) is 0. The third-order valence-corrected chi connectivity index (χ3v) is 3.22. The number of nitrogens with one attached hydrogen (secondary N) is 1. The molecule has 0 aromatic carbocycles. The molecule has 1 atom stereocenters. The zero-order valence-corrected chi connectivity index (χ0v) is 8.34. The molecule has 1 fully saturated rings. The van der Waals surface area contributed by atoms with Gasteiger partial charge in [0, 0.05) is 17.5 Å². The lowest BCUT2D eigenvalue weighted by molar-refractivity contribution is -0.112. The number of rotatable bonds is 0. The van der Waals surface area contributed by atoms with Crippen LogP contribution in [0.25, 0.3) is 0 Å². The third-order valence-electron chi connectivity index (χ3n) is 3.22. The zero-order valence-electron chi connectivity index (χ0n) is 8.34. The van der Waals surface area contributed by atoms with Gasteiger partial charge in [-0.1, -0.05) is 12.5 Å². The minimum Gasteiger partial charge on any atom is -0.515 e. The molecule has 2 N–H and O–H groups in total. The van der Waals surface area contributed by atoms with Crippen molar-refractivity contribution < 1.29 is 9.90 Å². The Labute approximate surface area is 83.5 Å². The van der Waals surface area contributed by atoms with Crippen molar-refractivity contribution in [2.75, 3.05) is 13.1 Å². The molecule has 3 heteroatoms. The van der Waals surface area contributed by atoms with Gasteiger partial charge >= 0.3 is 0 Å². The molecule has 3 nitrogen and oxygen atoms in total. The van der Waals surface area contributed by atoms with E-state index < -0.39 is 0 Å². The summed E-state index contributed by atoms with van der Waals surface area (Å²) in [6.45, 7) is 3.98. The van der Waals surface area contributed by atoms with Crippen molar-refractivity contribution in [3.05, 3.63) is 23.5 Å². The molecule has 0 aromatic heterocycles. The molecule has 2 rings (SSSR count). The topological polar surface area (TPSA) is 49.3 Å². The van der Waals surface area contributed by atoms with Gasteiger partial charge in [-0.05, 0) is 25.5 Å². The van der Waals surface area contributed by atoms with Gasteiger partial charge in [-0.3, -0.25) is 4.79 Å². The number of aliphatic hydroxyl groups is 1. The Kier molecular flexibility index (Phi) is 2.19. The van der Waals surface area contributed by atoms with E-state index in [2.05, 4.69) is 12.2 Å². The van der Waals surface area contributed by atoms with Gasteiger partial charge in [-0.25, -0.2) is 0 Å². The Morgan fingerprint density at radius 2 is 2.43 bits per heavy atom. The van der Waals surface area contributed by atoms with Crippen LogP contribution >= 0.6 is 0 Å². The van der Waals surface area contributed by atoms with E-state index in [-0.39, 0.29) is 11.2 Å². The van der Waals surface area contributed by atoms with Crippen molar-refractivity contribution in [3.63, 3.8) is 0 Å². The van der Waals surface area contributed by atoms with E-state index in [0.29, 0.717) is 12.0 Å². The SMILES string of the molecule is C[C@@]12CNCCC1=CC(=O)/C(=C\O)C2. The van der Waals surface area contributed by atoms with E-state index in [1.165, 1.54) is 5.57 Å². The average Bonchev–Trinajstić information content (AvgIpc) is 2.18. The predicted molar refractivity (Wildman–Crippen MR) is 54.0 cm³/mol. The van der Waals surface area contributed by atoms with Crippen molar-refractivity contribution in [1.29, 1.82) is 0 Å². The Morgan fingerprint density at radius 1 is 1.64 bits per heavy atom. The second-order valence-corrected chi connectivity index (χ2v) is 4.35. The quantitative estimate of drug-likeness (QED) is 0.450. The maximum absolute atomic E-state index is 11.5. The Morgan fingerprint density at radius 3 is 3.14 bits per heavy atom. The highest BCUT2D eigenvalue weighted by Gasteiger charge is 2.37. The largest absolute Gasteiger partial charge is 0.515 e. The summed E-state index contributed by atoms with van der Waals surface area (Å²) in [4.78, 5) is 11.5. The number of allylic oxidation sites excluding steroid dienone is 2. The highest BCUT2D eigenvalue weighted by Crippen LogP contribution is 2.40. The van der Waals surface area contributed by atoms with E-state index >= 15 is 0 Å². The van der Waals surface area contributed by atoms with Crippen LogP contribution in [0.3, 0.4) is 0 Å². The maximum atomic E-state index is 11.5. The first-order chi connectivity index (χ1) is 6.65. The fourth-order valence-electron chi connectivity index (χ4n) is 2.29. The summed E-state index contributed by atoms with van der Waals surface area (Å²) in [5, 5.41) is 12.3. The first-order valence-corrected chi connectivity index (χ1v) is 4.95. The van der Waals surface area contributed by atoms with Crippen LogP contribution in [0.5, 0.6) is 0 Å². The molecule has 0 radical (unpaired) electrons. The molecular weight excluding hydrogens is 178 g/mol. The van der Waals surface area contributed by atoms with Gasteiger partial charge in [0.1, 0.15) is 0 Å². The Balaban J connectivity index is 2.37. The second kappa shape index (κ2) is 3.24. The summed E-state index contributed by atoms with van der Waals surface area (Å²) >= 11 is 0. The van der Waals surface area contributed by atoms with Gasteiger partial charge in [0.2, 0.25) is 0 Å². The van der Waals surface area contributed by atoms with Crippen molar-refractivity contribution in [1.82, 2.24) is 5.32 Å². The number of hydrogen-bond donors (Lipinski definition) is 2. The number of carbonyl (C=O) groups is 1. The summed E-state index contributed by atoms with van der Waals surface area (Å²) in [5.74, 6) is -0.0260. The minimum atomic E-state index is -0.0260. The molecule has 0 aromatic rings. The number of carbonyl (C=O) groups excluding carboxylic acids is 1. The fourth-order valence-corrected chi connectivity index (χ4v) is 2.29. The highest BCUT2D eigenvalue weighted by atomic mass is 16.2. The molecule has 0 bridgehead atoms. The first kappa shape index (κ1) is 9.46. The molecule has 1 saturated heterocycles. The Bertz CT molecular complexity index is 330. The lowest BCUT2D eigenvalue weighted by atomic mass is 9.69. The molecule has 76 valence electrons. The van der Waals surface area contributed by atoms with E-state index in [4.69, 9.17) is 5.11 Å². The van der Waals surface area contributed by atoms with E-state index in [9.17, 15) is 4.79 Å². The zero-order chi connectivity index (χ0) is 10.2. The van der Waals surface area contributed by atoms with Crippen molar-refractivity contribution in [2.24, 2.45) is 5.41 Å². The molecule has 1 heterocycles. The summed E-state index contributed by atoms with van der Waals surface area (Å²) in [6, 6.07) is 0. The lowest BCUT2D eigenvalue weighted by Crippen LogP contribution is -2.42. The van der Waals surface area contributed by atoms with Gasteiger partial charge in [0.05, 0.1) is 6.26 Å². The normalized spacial score (nSPS) is 35.4. The minimum absolute atomic E-state index is 0.0260. The molecule has 1 aliphatic carbocycles. The van der Waals surface area contributed by atoms with Gasteiger partial charge in [0.25, 0.3) is 0 Å². The maximum Gasteiger partial charge on any atom is 0.184 e. The number of fused-ring (bicyclic) bond motifs is 1. The molecule has 0 saturated carbocycles. The van der Waals surface area contributed by atoms with Crippen LogP contribution < -0.4 is 5.32 Å². The summed E-state index contributed by atoms with van der Waals surface area (Å²) in [5.41, 5.74) is 1.78. The monoisotopic (exact) mass is 193 g/mol. The van der Waals surface area contributed by atoms with Gasteiger partial charge in [-0.2, -0.15) is 0 Å². The highest BCUT2D eigenvalue weighted by molar-refractivity contribution is 6.05.